The minimum atomic E-state index is -3.48. The van der Waals surface area contributed by atoms with Crippen LogP contribution >= 0.6 is 22.9 Å². The van der Waals surface area contributed by atoms with Crippen LogP contribution in [0.1, 0.15) is 18.7 Å². The molecule has 0 fully saturated rings. The number of benzene rings is 1. The van der Waals surface area contributed by atoms with Crippen LogP contribution < -0.4 is 10.7 Å². The third kappa shape index (κ3) is 4.67. The second kappa shape index (κ2) is 8.68. The Kier molecular flexibility index (Phi) is 6.28. The van der Waals surface area contributed by atoms with Crippen molar-refractivity contribution >= 4 is 56.4 Å². The summed E-state index contributed by atoms with van der Waals surface area (Å²) in [5.41, 5.74) is 3.13. The largest absolute Gasteiger partial charge is 0.338 e. The maximum atomic E-state index is 12.6. The predicted molar refractivity (Wildman–Crippen MR) is 115 cm³/mol. The van der Waals surface area contributed by atoms with Gasteiger partial charge in [0, 0.05) is 4.88 Å². The standard InChI is InChI=1S/C18H18ClN5O2S2/c1-12(2)28(25,26)16-8-4-3-7-15(16)22-17-14(19)11-20-18(23-17)24-21-10-13-6-5-9-27-13/h3-12H,1-2H3,(H2,20,22,23,24)/b21-10+. The van der Waals surface area contributed by atoms with Gasteiger partial charge in [-0.3, -0.25) is 0 Å². The van der Waals surface area contributed by atoms with Gasteiger partial charge in [0.15, 0.2) is 15.7 Å². The number of nitrogens with one attached hydrogen (secondary N) is 2. The Morgan fingerprint density at radius 3 is 2.71 bits per heavy atom. The molecule has 28 heavy (non-hydrogen) atoms. The molecule has 2 N–H and O–H groups in total. The number of halogens is 1. The molecule has 0 bridgehead atoms. The van der Waals surface area contributed by atoms with Crippen molar-refractivity contribution < 1.29 is 8.42 Å². The van der Waals surface area contributed by atoms with E-state index < -0.39 is 15.1 Å². The molecule has 0 amide bonds. The van der Waals surface area contributed by atoms with E-state index in [0.29, 0.717) is 5.69 Å². The van der Waals surface area contributed by atoms with E-state index in [2.05, 4.69) is 25.8 Å². The monoisotopic (exact) mass is 435 g/mol. The number of anilines is 3. The number of rotatable bonds is 7. The first-order valence-electron chi connectivity index (χ1n) is 8.33. The van der Waals surface area contributed by atoms with Crippen molar-refractivity contribution in [3.05, 3.63) is 57.9 Å². The molecule has 2 heterocycles. The predicted octanol–water partition coefficient (Wildman–Crippen LogP) is 4.56. The molecule has 2 aromatic heterocycles. The van der Waals surface area contributed by atoms with E-state index in [1.165, 1.54) is 6.20 Å². The van der Waals surface area contributed by atoms with Crippen molar-refractivity contribution in [2.24, 2.45) is 5.10 Å². The minimum Gasteiger partial charge on any atom is -0.338 e. The van der Waals surface area contributed by atoms with Gasteiger partial charge in [-0.1, -0.05) is 29.8 Å². The highest BCUT2D eigenvalue weighted by molar-refractivity contribution is 7.92. The van der Waals surface area contributed by atoms with Crippen LogP contribution in [0.3, 0.4) is 0 Å². The van der Waals surface area contributed by atoms with E-state index in [1.54, 1.807) is 55.7 Å². The molecule has 0 unspecified atom stereocenters. The fourth-order valence-electron chi connectivity index (χ4n) is 2.23. The first-order valence-corrected chi connectivity index (χ1v) is 11.1. The van der Waals surface area contributed by atoms with E-state index in [1.807, 2.05) is 17.5 Å². The molecule has 0 radical (unpaired) electrons. The van der Waals surface area contributed by atoms with Gasteiger partial charge in [0.1, 0.15) is 5.02 Å². The van der Waals surface area contributed by atoms with Crippen LogP contribution in [0.4, 0.5) is 17.5 Å². The van der Waals surface area contributed by atoms with E-state index in [9.17, 15) is 8.42 Å². The van der Waals surface area contributed by atoms with E-state index in [-0.39, 0.29) is 21.7 Å². The van der Waals surface area contributed by atoms with Crippen molar-refractivity contribution in [2.75, 3.05) is 10.7 Å². The molecule has 0 aliphatic rings. The number of para-hydroxylation sites is 1. The Labute approximate surface area is 172 Å². The summed E-state index contributed by atoms with van der Waals surface area (Å²) >= 11 is 7.74. The van der Waals surface area contributed by atoms with Gasteiger partial charge in [0.05, 0.1) is 28.2 Å². The van der Waals surface area contributed by atoms with E-state index in [0.717, 1.165) is 4.88 Å². The van der Waals surface area contributed by atoms with Crippen LogP contribution in [0.15, 0.2) is 58.0 Å². The van der Waals surface area contributed by atoms with Crippen LogP contribution in [-0.4, -0.2) is 29.9 Å². The molecule has 0 atom stereocenters. The Morgan fingerprint density at radius 2 is 2.00 bits per heavy atom. The maximum Gasteiger partial charge on any atom is 0.245 e. The smallest absolute Gasteiger partial charge is 0.245 e. The second-order valence-electron chi connectivity index (χ2n) is 5.99. The number of hydrazone groups is 1. The fourth-order valence-corrected chi connectivity index (χ4v) is 4.15. The molecule has 0 aliphatic carbocycles. The van der Waals surface area contributed by atoms with Gasteiger partial charge in [0.25, 0.3) is 0 Å². The highest BCUT2D eigenvalue weighted by Crippen LogP contribution is 2.30. The first kappa shape index (κ1) is 20.2. The van der Waals surface area contributed by atoms with Gasteiger partial charge >= 0.3 is 0 Å². The van der Waals surface area contributed by atoms with Gasteiger partial charge in [-0.15, -0.1) is 11.3 Å². The average molecular weight is 436 g/mol. The van der Waals surface area contributed by atoms with Crippen molar-refractivity contribution in [3.8, 4) is 0 Å². The number of hydrogen-bond donors (Lipinski definition) is 2. The lowest BCUT2D eigenvalue weighted by Crippen LogP contribution is -2.15. The van der Waals surface area contributed by atoms with Crippen molar-refractivity contribution in [2.45, 2.75) is 24.0 Å². The summed E-state index contributed by atoms with van der Waals surface area (Å²) in [6.45, 7) is 3.27. The van der Waals surface area contributed by atoms with Gasteiger partial charge in [-0.05, 0) is 37.4 Å². The third-order valence-electron chi connectivity index (χ3n) is 3.71. The summed E-state index contributed by atoms with van der Waals surface area (Å²) in [5.74, 6) is 0.501. The summed E-state index contributed by atoms with van der Waals surface area (Å²) < 4.78 is 25.2. The summed E-state index contributed by atoms with van der Waals surface area (Å²) in [4.78, 5) is 9.52. The molecule has 0 saturated heterocycles. The Balaban J connectivity index is 1.85. The summed E-state index contributed by atoms with van der Waals surface area (Å²) in [6, 6.07) is 10.5. The average Bonchev–Trinajstić information content (AvgIpc) is 3.18. The van der Waals surface area contributed by atoms with Gasteiger partial charge < -0.3 is 5.32 Å². The SMILES string of the molecule is CC(C)S(=O)(=O)c1ccccc1Nc1nc(N/N=C/c2cccs2)ncc1Cl. The van der Waals surface area contributed by atoms with Crippen LogP contribution in [0.25, 0.3) is 0 Å². The summed E-state index contributed by atoms with van der Waals surface area (Å²) in [6.07, 6.45) is 3.07. The van der Waals surface area contributed by atoms with Crippen LogP contribution in [0.5, 0.6) is 0 Å². The number of aromatic nitrogens is 2. The van der Waals surface area contributed by atoms with Crippen LogP contribution in [0.2, 0.25) is 5.02 Å². The number of sulfone groups is 1. The van der Waals surface area contributed by atoms with E-state index >= 15 is 0 Å². The Morgan fingerprint density at radius 1 is 1.21 bits per heavy atom. The van der Waals surface area contributed by atoms with Crippen LogP contribution in [-0.2, 0) is 9.84 Å². The Bertz CT molecular complexity index is 1080. The molecular formula is C18H18ClN5O2S2. The normalized spacial score (nSPS) is 11.9. The van der Waals surface area contributed by atoms with E-state index in [4.69, 9.17) is 11.6 Å². The summed E-state index contributed by atoms with van der Waals surface area (Å²) in [7, 11) is -3.48. The molecule has 1 aromatic carbocycles. The number of hydrogen-bond acceptors (Lipinski definition) is 8. The lowest BCUT2D eigenvalue weighted by molar-refractivity contribution is 0.588. The molecule has 7 nitrogen and oxygen atoms in total. The van der Waals surface area contributed by atoms with Crippen molar-refractivity contribution in [1.82, 2.24) is 9.97 Å². The quantitative estimate of drug-likeness (QED) is 0.417. The topological polar surface area (TPSA) is 96.3 Å². The molecule has 3 rings (SSSR count). The molecule has 10 heteroatoms. The zero-order valence-corrected chi connectivity index (χ0v) is 17.5. The van der Waals surface area contributed by atoms with Gasteiger partial charge in [-0.25, -0.2) is 18.8 Å². The zero-order chi connectivity index (χ0) is 20.1. The highest BCUT2D eigenvalue weighted by Gasteiger charge is 2.23. The minimum absolute atomic E-state index is 0.185. The van der Waals surface area contributed by atoms with Gasteiger partial charge in [0.2, 0.25) is 5.95 Å². The van der Waals surface area contributed by atoms with Crippen LogP contribution in [0, 0.1) is 0 Å². The number of nitrogens with zero attached hydrogens (tertiary/aromatic N) is 3. The lowest BCUT2D eigenvalue weighted by atomic mass is 10.3. The van der Waals surface area contributed by atoms with Gasteiger partial charge in [-0.2, -0.15) is 10.1 Å². The lowest BCUT2D eigenvalue weighted by Gasteiger charge is -2.15. The maximum absolute atomic E-state index is 12.6. The molecule has 0 spiro atoms. The molecular weight excluding hydrogens is 418 g/mol. The highest BCUT2D eigenvalue weighted by atomic mass is 35.5. The molecule has 3 aromatic rings. The summed E-state index contributed by atoms with van der Waals surface area (Å²) in [5, 5.41) is 8.73. The zero-order valence-electron chi connectivity index (χ0n) is 15.1. The van der Waals surface area contributed by atoms with Crippen molar-refractivity contribution in [3.63, 3.8) is 0 Å². The third-order valence-corrected chi connectivity index (χ3v) is 7.00. The second-order valence-corrected chi connectivity index (χ2v) is 9.85. The number of thiophene rings is 1. The van der Waals surface area contributed by atoms with Crippen molar-refractivity contribution in [1.29, 1.82) is 0 Å². The molecule has 146 valence electrons. The molecule has 0 aliphatic heterocycles. The molecule has 0 saturated carbocycles. The Hall–Kier alpha value is -2.49. The first-order chi connectivity index (χ1) is 13.4. The fraction of sp³-hybridized carbons (Fsp3) is 0.167.